The Morgan fingerprint density at radius 2 is 2.14 bits per heavy atom. The van der Waals surface area contributed by atoms with Gasteiger partial charge in [0.05, 0.1) is 0 Å². The van der Waals surface area contributed by atoms with Crippen LogP contribution in [-0.4, -0.2) is 39.9 Å². The smallest absolute Gasteiger partial charge is 0.223 e. The van der Waals surface area contributed by atoms with Crippen molar-refractivity contribution < 1.29 is 4.79 Å². The van der Waals surface area contributed by atoms with Crippen molar-refractivity contribution in [2.24, 2.45) is 5.92 Å². The number of rotatable bonds is 5. The van der Waals surface area contributed by atoms with E-state index in [2.05, 4.69) is 27.1 Å². The van der Waals surface area contributed by atoms with Crippen molar-refractivity contribution >= 4 is 11.7 Å². The van der Waals surface area contributed by atoms with Gasteiger partial charge in [0.1, 0.15) is 11.6 Å². The van der Waals surface area contributed by atoms with Crippen LogP contribution >= 0.6 is 0 Å². The normalized spacial score (nSPS) is 22.5. The van der Waals surface area contributed by atoms with Crippen LogP contribution < -0.4 is 5.32 Å². The summed E-state index contributed by atoms with van der Waals surface area (Å²) in [6, 6.07) is 0.505. The Labute approximate surface area is 132 Å². The Balaban J connectivity index is 1.58. The van der Waals surface area contributed by atoms with E-state index in [1.54, 1.807) is 0 Å². The molecule has 1 saturated heterocycles. The first-order chi connectivity index (χ1) is 10.7. The standard InChI is InChI=1S/C17H26N4O/c1-3-14-10-18-12(2)20-17(14)19-9-13-8-16(22)21(11-13)15-6-4-5-7-15/h10,13,15H,3-9,11H2,1-2H3,(H,18,19,20)/t13-/m1/s1. The number of nitrogens with zero attached hydrogens (tertiary/aromatic N) is 3. The number of aryl methyl sites for hydroxylation is 2. The number of hydrogen-bond acceptors (Lipinski definition) is 4. The van der Waals surface area contributed by atoms with Crippen LogP contribution in [0.1, 0.15) is 50.4 Å². The maximum atomic E-state index is 12.2. The Morgan fingerprint density at radius 3 is 2.86 bits per heavy atom. The second-order valence-electron chi connectivity index (χ2n) is 6.58. The number of aromatic nitrogens is 2. The van der Waals surface area contributed by atoms with Crippen molar-refractivity contribution in [1.29, 1.82) is 0 Å². The minimum absolute atomic E-state index is 0.341. The average Bonchev–Trinajstić information content (AvgIpc) is 3.14. The van der Waals surface area contributed by atoms with Gasteiger partial charge in [-0.15, -0.1) is 0 Å². The van der Waals surface area contributed by atoms with Crippen LogP contribution in [0.15, 0.2) is 6.20 Å². The molecule has 0 radical (unpaired) electrons. The summed E-state index contributed by atoms with van der Waals surface area (Å²) in [5.41, 5.74) is 1.14. The van der Waals surface area contributed by atoms with E-state index in [4.69, 9.17) is 0 Å². The maximum absolute atomic E-state index is 12.2. The first-order valence-corrected chi connectivity index (χ1v) is 8.53. The molecule has 120 valence electrons. The van der Waals surface area contributed by atoms with Gasteiger partial charge in [-0.3, -0.25) is 4.79 Å². The van der Waals surface area contributed by atoms with E-state index in [1.807, 2.05) is 13.1 Å². The molecule has 5 heteroatoms. The van der Waals surface area contributed by atoms with E-state index in [9.17, 15) is 4.79 Å². The number of anilines is 1. The minimum atomic E-state index is 0.341. The number of nitrogens with one attached hydrogen (secondary N) is 1. The molecule has 5 nitrogen and oxygen atoms in total. The maximum Gasteiger partial charge on any atom is 0.223 e. The van der Waals surface area contributed by atoms with E-state index >= 15 is 0 Å². The quantitative estimate of drug-likeness (QED) is 0.908. The molecule has 1 atom stereocenters. The zero-order valence-electron chi connectivity index (χ0n) is 13.6. The SMILES string of the molecule is CCc1cnc(C)nc1NC[C@H]1CC(=O)N(C2CCCC2)C1. The van der Waals surface area contributed by atoms with Gasteiger partial charge in [-0.25, -0.2) is 9.97 Å². The summed E-state index contributed by atoms with van der Waals surface area (Å²) in [6.07, 6.45) is 8.42. The molecule has 3 rings (SSSR count). The summed E-state index contributed by atoms with van der Waals surface area (Å²) >= 11 is 0. The number of carbonyl (C=O) groups excluding carboxylic acids is 1. The monoisotopic (exact) mass is 302 g/mol. The summed E-state index contributed by atoms with van der Waals surface area (Å²) in [7, 11) is 0. The molecule has 2 aliphatic rings. The van der Waals surface area contributed by atoms with Crippen LogP contribution in [0.5, 0.6) is 0 Å². The molecular weight excluding hydrogens is 276 g/mol. The van der Waals surface area contributed by atoms with Crippen molar-refractivity contribution in [3.8, 4) is 0 Å². The molecule has 2 fully saturated rings. The van der Waals surface area contributed by atoms with E-state index in [0.29, 0.717) is 24.3 Å². The number of likely N-dealkylation sites (tertiary alicyclic amines) is 1. The van der Waals surface area contributed by atoms with Crippen LogP contribution in [0.3, 0.4) is 0 Å². The lowest BCUT2D eigenvalue weighted by molar-refractivity contribution is -0.129. The summed E-state index contributed by atoms with van der Waals surface area (Å²) < 4.78 is 0. The predicted octanol–water partition coefficient (Wildman–Crippen LogP) is 2.55. The van der Waals surface area contributed by atoms with Crippen molar-refractivity contribution in [1.82, 2.24) is 14.9 Å². The molecule has 1 aromatic heterocycles. The van der Waals surface area contributed by atoms with Crippen molar-refractivity contribution in [3.05, 3.63) is 17.6 Å². The van der Waals surface area contributed by atoms with Gasteiger partial charge in [-0.05, 0) is 26.2 Å². The highest BCUT2D eigenvalue weighted by molar-refractivity contribution is 5.79. The second kappa shape index (κ2) is 6.63. The highest BCUT2D eigenvalue weighted by Crippen LogP contribution is 2.29. The van der Waals surface area contributed by atoms with Crippen molar-refractivity contribution in [2.45, 2.75) is 58.4 Å². The largest absolute Gasteiger partial charge is 0.369 e. The molecule has 1 aromatic rings. The van der Waals surface area contributed by atoms with E-state index in [-0.39, 0.29) is 0 Å². The lowest BCUT2D eigenvalue weighted by atomic mass is 10.1. The van der Waals surface area contributed by atoms with Crippen LogP contribution in [0, 0.1) is 12.8 Å². The molecule has 1 aliphatic carbocycles. The Morgan fingerprint density at radius 1 is 1.36 bits per heavy atom. The Kier molecular flexibility index (Phi) is 4.60. The summed E-state index contributed by atoms with van der Waals surface area (Å²) in [5, 5.41) is 3.45. The molecule has 1 aliphatic heterocycles. The lowest BCUT2D eigenvalue weighted by Gasteiger charge is -2.24. The first kappa shape index (κ1) is 15.3. The number of hydrogen-bond donors (Lipinski definition) is 1. The number of carbonyl (C=O) groups is 1. The zero-order chi connectivity index (χ0) is 15.5. The predicted molar refractivity (Wildman–Crippen MR) is 86.7 cm³/mol. The van der Waals surface area contributed by atoms with Gasteiger partial charge in [0.15, 0.2) is 0 Å². The molecule has 0 spiro atoms. The topological polar surface area (TPSA) is 58.1 Å². The van der Waals surface area contributed by atoms with Crippen molar-refractivity contribution in [3.63, 3.8) is 0 Å². The molecule has 1 amide bonds. The molecule has 0 unspecified atom stereocenters. The lowest BCUT2D eigenvalue weighted by Crippen LogP contribution is -2.34. The second-order valence-corrected chi connectivity index (χ2v) is 6.58. The molecule has 0 bridgehead atoms. The summed E-state index contributed by atoms with van der Waals surface area (Å²) in [6.45, 7) is 5.74. The fourth-order valence-corrected chi connectivity index (χ4v) is 3.66. The van der Waals surface area contributed by atoms with Crippen molar-refractivity contribution in [2.75, 3.05) is 18.4 Å². The molecule has 1 N–H and O–H groups in total. The minimum Gasteiger partial charge on any atom is -0.369 e. The van der Waals surface area contributed by atoms with Gasteiger partial charge >= 0.3 is 0 Å². The van der Waals surface area contributed by atoms with Gasteiger partial charge in [-0.2, -0.15) is 0 Å². The molecule has 0 aromatic carbocycles. The highest BCUT2D eigenvalue weighted by atomic mass is 16.2. The van der Waals surface area contributed by atoms with Gasteiger partial charge in [0, 0.05) is 43.2 Å². The molecular formula is C17H26N4O. The van der Waals surface area contributed by atoms with Crippen LogP contribution in [0.2, 0.25) is 0 Å². The highest BCUT2D eigenvalue weighted by Gasteiger charge is 2.35. The Bertz CT molecular complexity index is 539. The fraction of sp³-hybridized carbons (Fsp3) is 0.706. The third-order valence-corrected chi connectivity index (χ3v) is 4.93. The Hall–Kier alpha value is -1.65. The van der Waals surface area contributed by atoms with Crippen LogP contribution in [0.4, 0.5) is 5.82 Å². The molecule has 1 saturated carbocycles. The molecule has 22 heavy (non-hydrogen) atoms. The molecule has 2 heterocycles. The van der Waals surface area contributed by atoms with Gasteiger partial charge in [0.25, 0.3) is 0 Å². The van der Waals surface area contributed by atoms with E-state index in [0.717, 1.165) is 36.7 Å². The summed E-state index contributed by atoms with van der Waals surface area (Å²) in [5.74, 6) is 2.46. The average molecular weight is 302 g/mol. The third kappa shape index (κ3) is 3.23. The number of amides is 1. The first-order valence-electron chi connectivity index (χ1n) is 8.53. The van der Waals surface area contributed by atoms with Gasteiger partial charge in [-0.1, -0.05) is 19.8 Å². The zero-order valence-corrected chi connectivity index (χ0v) is 13.6. The van der Waals surface area contributed by atoms with Gasteiger partial charge < -0.3 is 10.2 Å². The van der Waals surface area contributed by atoms with Gasteiger partial charge in [0.2, 0.25) is 5.91 Å². The third-order valence-electron chi connectivity index (χ3n) is 4.93. The van der Waals surface area contributed by atoms with E-state index in [1.165, 1.54) is 25.7 Å². The van der Waals surface area contributed by atoms with E-state index < -0.39 is 0 Å². The van der Waals surface area contributed by atoms with Crippen LogP contribution in [0.25, 0.3) is 0 Å². The summed E-state index contributed by atoms with van der Waals surface area (Å²) in [4.78, 5) is 23.1. The van der Waals surface area contributed by atoms with Crippen LogP contribution in [-0.2, 0) is 11.2 Å². The fourth-order valence-electron chi connectivity index (χ4n) is 3.66.